The Kier molecular flexibility index (Phi) is 3.51. The molecule has 1 unspecified atom stereocenters. The fourth-order valence-corrected chi connectivity index (χ4v) is 3.10. The zero-order chi connectivity index (χ0) is 14.1. The van der Waals surface area contributed by atoms with Gasteiger partial charge in [-0.1, -0.05) is 19.1 Å². The van der Waals surface area contributed by atoms with Crippen LogP contribution in [0.2, 0.25) is 0 Å². The topological polar surface area (TPSA) is 25.4 Å². The summed E-state index contributed by atoms with van der Waals surface area (Å²) in [5.41, 5.74) is 2.24. The van der Waals surface area contributed by atoms with Crippen molar-refractivity contribution in [1.29, 1.82) is 0 Å². The Bertz CT molecular complexity index is 624. The van der Waals surface area contributed by atoms with E-state index in [1.807, 2.05) is 12.1 Å². The van der Waals surface area contributed by atoms with E-state index in [-0.39, 0.29) is 0 Å². The lowest BCUT2D eigenvalue weighted by atomic mass is 10.00. The molecule has 1 aromatic heterocycles. The average molecular weight is 270 g/mol. The van der Waals surface area contributed by atoms with Gasteiger partial charge in [-0.15, -0.1) is 0 Å². The molecule has 0 amide bonds. The Balaban J connectivity index is 2.08. The standard InChI is InChI=1S/C17H22N2O/c1-12-6-5-9-19(11-12)16-10-13(2)14-7-4-8-15(20-3)17(14)18-16/h4,7-8,10,12H,5-6,9,11H2,1-3H3. The van der Waals surface area contributed by atoms with Gasteiger partial charge in [0.15, 0.2) is 0 Å². The zero-order valence-electron chi connectivity index (χ0n) is 12.5. The van der Waals surface area contributed by atoms with Crippen molar-refractivity contribution in [2.45, 2.75) is 26.7 Å². The van der Waals surface area contributed by atoms with Crippen molar-refractivity contribution in [3.63, 3.8) is 0 Å². The number of hydrogen-bond acceptors (Lipinski definition) is 3. The summed E-state index contributed by atoms with van der Waals surface area (Å²) in [6.07, 6.45) is 2.58. The fourth-order valence-electron chi connectivity index (χ4n) is 3.10. The van der Waals surface area contributed by atoms with Gasteiger partial charge in [-0.25, -0.2) is 4.98 Å². The van der Waals surface area contributed by atoms with Gasteiger partial charge in [-0.3, -0.25) is 0 Å². The highest BCUT2D eigenvalue weighted by Gasteiger charge is 2.19. The van der Waals surface area contributed by atoms with Gasteiger partial charge in [0.2, 0.25) is 0 Å². The first-order valence-electron chi connectivity index (χ1n) is 7.38. The molecule has 0 N–H and O–H groups in total. The maximum atomic E-state index is 5.46. The molecular weight excluding hydrogens is 248 g/mol. The number of aryl methyl sites for hydroxylation is 1. The number of fused-ring (bicyclic) bond motifs is 1. The predicted molar refractivity (Wildman–Crippen MR) is 83.6 cm³/mol. The molecule has 1 atom stereocenters. The Hall–Kier alpha value is -1.77. The van der Waals surface area contributed by atoms with Gasteiger partial charge in [0.05, 0.1) is 7.11 Å². The zero-order valence-corrected chi connectivity index (χ0v) is 12.5. The molecule has 1 aromatic carbocycles. The lowest BCUT2D eigenvalue weighted by molar-refractivity contribution is 0.418. The molecule has 0 spiro atoms. The van der Waals surface area contributed by atoms with E-state index in [4.69, 9.17) is 9.72 Å². The van der Waals surface area contributed by atoms with Crippen LogP contribution in [0.25, 0.3) is 10.9 Å². The first-order valence-corrected chi connectivity index (χ1v) is 7.38. The fraction of sp³-hybridized carbons (Fsp3) is 0.471. The molecule has 1 saturated heterocycles. The molecule has 1 aliphatic rings. The minimum absolute atomic E-state index is 0.749. The smallest absolute Gasteiger partial charge is 0.145 e. The monoisotopic (exact) mass is 270 g/mol. The Morgan fingerprint density at radius 2 is 2.20 bits per heavy atom. The van der Waals surface area contributed by atoms with E-state index in [2.05, 4.69) is 30.9 Å². The molecule has 0 radical (unpaired) electrons. The number of piperidine rings is 1. The number of benzene rings is 1. The van der Waals surface area contributed by atoms with Crippen LogP contribution in [0, 0.1) is 12.8 Å². The maximum absolute atomic E-state index is 5.46. The van der Waals surface area contributed by atoms with Crippen LogP contribution in [-0.4, -0.2) is 25.2 Å². The third kappa shape index (κ3) is 2.33. The number of rotatable bonds is 2. The maximum Gasteiger partial charge on any atom is 0.145 e. The molecular formula is C17H22N2O. The van der Waals surface area contributed by atoms with Gasteiger partial charge >= 0.3 is 0 Å². The molecule has 3 rings (SSSR count). The number of ether oxygens (including phenoxy) is 1. The van der Waals surface area contributed by atoms with Gasteiger partial charge in [0.25, 0.3) is 0 Å². The van der Waals surface area contributed by atoms with Crippen molar-refractivity contribution in [3.8, 4) is 5.75 Å². The van der Waals surface area contributed by atoms with Crippen LogP contribution >= 0.6 is 0 Å². The molecule has 0 saturated carbocycles. The number of methoxy groups -OCH3 is 1. The van der Waals surface area contributed by atoms with Crippen LogP contribution < -0.4 is 9.64 Å². The van der Waals surface area contributed by atoms with Gasteiger partial charge in [-0.05, 0) is 43.4 Å². The number of nitrogens with zero attached hydrogens (tertiary/aromatic N) is 2. The highest BCUT2D eigenvalue weighted by atomic mass is 16.5. The van der Waals surface area contributed by atoms with Crippen LogP contribution in [0.4, 0.5) is 5.82 Å². The van der Waals surface area contributed by atoms with E-state index in [0.717, 1.165) is 36.1 Å². The van der Waals surface area contributed by atoms with Gasteiger partial charge in [0.1, 0.15) is 17.1 Å². The largest absolute Gasteiger partial charge is 0.494 e. The van der Waals surface area contributed by atoms with Gasteiger partial charge in [-0.2, -0.15) is 0 Å². The molecule has 3 nitrogen and oxygen atoms in total. The number of pyridine rings is 1. The van der Waals surface area contributed by atoms with Crippen LogP contribution in [-0.2, 0) is 0 Å². The van der Waals surface area contributed by atoms with E-state index in [1.165, 1.54) is 23.8 Å². The summed E-state index contributed by atoms with van der Waals surface area (Å²) in [6.45, 7) is 6.69. The van der Waals surface area contributed by atoms with Gasteiger partial charge < -0.3 is 9.64 Å². The van der Waals surface area contributed by atoms with Crippen molar-refractivity contribution in [1.82, 2.24) is 4.98 Å². The van der Waals surface area contributed by atoms with E-state index in [0.29, 0.717) is 0 Å². The predicted octanol–water partition coefficient (Wildman–Crippen LogP) is 3.79. The third-order valence-corrected chi connectivity index (χ3v) is 4.20. The normalized spacial score (nSPS) is 19.4. The Morgan fingerprint density at radius 3 is 2.95 bits per heavy atom. The summed E-state index contributed by atoms with van der Waals surface area (Å²) < 4.78 is 5.46. The number of hydrogen-bond donors (Lipinski definition) is 0. The van der Waals surface area contributed by atoms with E-state index < -0.39 is 0 Å². The SMILES string of the molecule is COc1cccc2c(C)cc(N3CCCC(C)C3)nc12. The molecule has 106 valence electrons. The Morgan fingerprint density at radius 1 is 1.35 bits per heavy atom. The van der Waals surface area contributed by atoms with E-state index >= 15 is 0 Å². The van der Waals surface area contributed by atoms with Crippen molar-refractivity contribution in [3.05, 3.63) is 29.8 Å². The van der Waals surface area contributed by atoms with Crippen molar-refractivity contribution >= 4 is 16.7 Å². The van der Waals surface area contributed by atoms with Gasteiger partial charge in [0, 0.05) is 18.5 Å². The number of anilines is 1. The van der Waals surface area contributed by atoms with Crippen LogP contribution in [0.5, 0.6) is 5.75 Å². The van der Waals surface area contributed by atoms with Crippen LogP contribution in [0.3, 0.4) is 0 Å². The number of aromatic nitrogens is 1. The van der Waals surface area contributed by atoms with Crippen molar-refractivity contribution < 1.29 is 4.74 Å². The third-order valence-electron chi connectivity index (χ3n) is 4.20. The second kappa shape index (κ2) is 5.31. The molecule has 20 heavy (non-hydrogen) atoms. The highest BCUT2D eigenvalue weighted by Crippen LogP contribution is 2.30. The minimum Gasteiger partial charge on any atom is -0.494 e. The summed E-state index contributed by atoms with van der Waals surface area (Å²) >= 11 is 0. The second-order valence-corrected chi connectivity index (χ2v) is 5.85. The summed E-state index contributed by atoms with van der Waals surface area (Å²) in [6, 6.07) is 8.33. The van der Waals surface area contributed by atoms with E-state index in [1.54, 1.807) is 7.11 Å². The first kappa shape index (κ1) is 13.2. The molecule has 1 aliphatic heterocycles. The number of para-hydroxylation sites is 1. The molecule has 0 bridgehead atoms. The summed E-state index contributed by atoms with van der Waals surface area (Å²) in [5, 5.41) is 1.18. The van der Waals surface area contributed by atoms with Crippen LogP contribution in [0.1, 0.15) is 25.3 Å². The highest BCUT2D eigenvalue weighted by molar-refractivity contribution is 5.88. The molecule has 1 fully saturated rings. The Labute approximate surface area is 120 Å². The molecule has 3 heteroatoms. The van der Waals surface area contributed by atoms with Crippen molar-refractivity contribution in [2.24, 2.45) is 5.92 Å². The summed E-state index contributed by atoms with van der Waals surface area (Å²) in [7, 11) is 1.71. The minimum atomic E-state index is 0.749. The lowest BCUT2D eigenvalue weighted by Crippen LogP contribution is -2.34. The lowest BCUT2D eigenvalue weighted by Gasteiger charge is -2.32. The molecule has 2 heterocycles. The summed E-state index contributed by atoms with van der Waals surface area (Å²) in [4.78, 5) is 7.28. The molecule has 2 aromatic rings. The quantitative estimate of drug-likeness (QED) is 0.830. The molecule has 0 aliphatic carbocycles. The second-order valence-electron chi connectivity index (χ2n) is 5.85. The van der Waals surface area contributed by atoms with E-state index in [9.17, 15) is 0 Å². The average Bonchev–Trinajstić information content (AvgIpc) is 2.46. The van der Waals surface area contributed by atoms with Crippen LogP contribution in [0.15, 0.2) is 24.3 Å². The first-order chi connectivity index (χ1) is 9.69. The summed E-state index contributed by atoms with van der Waals surface area (Å²) in [5.74, 6) is 2.70. The van der Waals surface area contributed by atoms with Crippen molar-refractivity contribution in [2.75, 3.05) is 25.1 Å².